The smallest absolute Gasteiger partial charge is 0.237 e. The van der Waals surface area contributed by atoms with Crippen molar-refractivity contribution < 1.29 is 9.90 Å². The maximum Gasteiger partial charge on any atom is 0.237 e. The molecule has 1 amide bonds. The van der Waals surface area contributed by atoms with Crippen LogP contribution in [0.2, 0.25) is 0 Å². The molecule has 0 spiro atoms. The molecule has 0 bridgehead atoms. The molecule has 0 radical (unpaired) electrons. The van der Waals surface area contributed by atoms with E-state index in [1.54, 1.807) is 6.92 Å². The summed E-state index contributed by atoms with van der Waals surface area (Å²) in [6.45, 7) is 5.01. The zero-order chi connectivity index (χ0) is 15.0. The SMILES string of the molecule is CC(O)CCN(C)C(C)C(=O)NCCc1ccccc1. The summed E-state index contributed by atoms with van der Waals surface area (Å²) in [7, 11) is 1.91. The van der Waals surface area contributed by atoms with E-state index < -0.39 is 0 Å². The summed E-state index contributed by atoms with van der Waals surface area (Å²) in [6, 6.07) is 9.94. The highest BCUT2D eigenvalue weighted by Crippen LogP contribution is 2.01. The highest BCUT2D eigenvalue weighted by molar-refractivity contribution is 5.81. The maximum absolute atomic E-state index is 12.0. The van der Waals surface area contributed by atoms with Crippen LogP contribution in [0.1, 0.15) is 25.8 Å². The lowest BCUT2D eigenvalue weighted by molar-refractivity contribution is -0.125. The van der Waals surface area contributed by atoms with Crippen LogP contribution in [0.4, 0.5) is 0 Å². The maximum atomic E-state index is 12.0. The van der Waals surface area contributed by atoms with Gasteiger partial charge in [0.2, 0.25) is 5.91 Å². The molecule has 2 N–H and O–H groups in total. The van der Waals surface area contributed by atoms with Crippen LogP contribution in [0.15, 0.2) is 30.3 Å². The monoisotopic (exact) mass is 278 g/mol. The van der Waals surface area contributed by atoms with Crippen LogP contribution in [0, 0.1) is 0 Å². The van der Waals surface area contributed by atoms with E-state index in [1.807, 2.05) is 37.1 Å². The molecule has 4 heteroatoms. The van der Waals surface area contributed by atoms with Gasteiger partial charge in [0, 0.05) is 13.1 Å². The van der Waals surface area contributed by atoms with Gasteiger partial charge in [-0.1, -0.05) is 30.3 Å². The minimum atomic E-state index is -0.328. The molecule has 0 aliphatic rings. The van der Waals surface area contributed by atoms with Gasteiger partial charge in [-0.3, -0.25) is 9.69 Å². The van der Waals surface area contributed by atoms with Crippen molar-refractivity contribution in [3.05, 3.63) is 35.9 Å². The largest absolute Gasteiger partial charge is 0.393 e. The van der Waals surface area contributed by atoms with E-state index >= 15 is 0 Å². The topological polar surface area (TPSA) is 52.6 Å². The number of nitrogens with zero attached hydrogens (tertiary/aromatic N) is 1. The summed E-state index contributed by atoms with van der Waals surface area (Å²) in [4.78, 5) is 14.0. The number of nitrogens with one attached hydrogen (secondary N) is 1. The number of carbonyl (C=O) groups excluding carboxylic acids is 1. The Balaban J connectivity index is 2.27. The lowest BCUT2D eigenvalue weighted by Crippen LogP contribution is -2.44. The lowest BCUT2D eigenvalue weighted by atomic mass is 10.1. The number of hydrogen-bond donors (Lipinski definition) is 2. The first-order valence-electron chi connectivity index (χ1n) is 7.20. The van der Waals surface area contributed by atoms with E-state index in [1.165, 1.54) is 5.56 Å². The third kappa shape index (κ3) is 6.17. The molecule has 0 fully saturated rings. The number of benzene rings is 1. The van der Waals surface area contributed by atoms with Crippen molar-refractivity contribution >= 4 is 5.91 Å². The molecular formula is C16H26N2O2. The molecule has 112 valence electrons. The van der Waals surface area contributed by atoms with Crippen molar-refractivity contribution in [2.24, 2.45) is 0 Å². The summed E-state index contributed by atoms with van der Waals surface area (Å²) in [6.07, 6.45) is 1.19. The van der Waals surface area contributed by atoms with Crippen LogP contribution < -0.4 is 5.32 Å². The van der Waals surface area contributed by atoms with Gasteiger partial charge in [-0.25, -0.2) is 0 Å². The molecule has 0 saturated carbocycles. The number of aliphatic hydroxyl groups excluding tert-OH is 1. The second kappa shape index (κ2) is 8.72. The molecule has 1 aromatic rings. The molecule has 4 nitrogen and oxygen atoms in total. The predicted octanol–water partition coefficient (Wildman–Crippen LogP) is 1.44. The second-order valence-electron chi connectivity index (χ2n) is 5.32. The minimum absolute atomic E-state index is 0.0361. The first-order valence-corrected chi connectivity index (χ1v) is 7.20. The van der Waals surface area contributed by atoms with Crippen molar-refractivity contribution in [1.29, 1.82) is 0 Å². The van der Waals surface area contributed by atoms with Gasteiger partial charge in [-0.15, -0.1) is 0 Å². The number of carbonyl (C=O) groups is 1. The summed E-state index contributed by atoms with van der Waals surface area (Å²) < 4.78 is 0. The Morgan fingerprint density at radius 1 is 1.30 bits per heavy atom. The Labute approximate surface area is 121 Å². The molecule has 0 heterocycles. The van der Waals surface area contributed by atoms with Crippen molar-refractivity contribution in [1.82, 2.24) is 10.2 Å². The second-order valence-corrected chi connectivity index (χ2v) is 5.32. The van der Waals surface area contributed by atoms with Crippen LogP contribution in [-0.4, -0.2) is 48.2 Å². The fourth-order valence-corrected chi connectivity index (χ4v) is 1.91. The van der Waals surface area contributed by atoms with Crippen LogP contribution in [0.3, 0.4) is 0 Å². The highest BCUT2D eigenvalue weighted by Gasteiger charge is 2.17. The molecule has 0 aliphatic heterocycles. The van der Waals surface area contributed by atoms with Gasteiger partial charge >= 0.3 is 0 Å². The molecule has 1 aromatic carbocycles. The Hall–Kier alpha value is -1.39. The first-order chi connectivity index (χ1) is 9.50. The van der Waals surface area contributed by atoms with Crippen molar-refractivity contribution in [3.63, 3.8) is 0 Å². The average molecular weight is 278 g/mol. The predicted molar refractivity (Wildman–Crippen MR) is 81.5 cm³/mol. The van der Waals surface area contributed by atoms with E-state index in [0.29, 0.717) is 19.5 Å². The number of amides is 1. The number of aliphatic hydroxyl groups is 1. The van der Waals surface area contributed by atoms with Gasteiger partial charge < -0.3 is 10.4 Å². The Kier molecular flexibility index (Phi) is 7.26. The fourth-order valence-electron chi connectivity index (χ4n) is 1.91. The summed E-state index contributed by atoms with van der Waals surface area (Å²) in [5.41, 5.74) is 1.22. The Morgan fingerprint density at radius 2 is 1.95 bits per heavy atom. The van der Waals surface area contributed by atoms with Crippen molar-refractivity contribution in [2.75, 3.05) is 20.1 Å². The van der Waals surface area contributed by atoms with E-state index in [0.717, 1.165) is 6.42 Å². The molecule has 2 unspecified atom stereocenters. The molecule has 0 saturated heterocycles. The van der Waals surface area contributed by atoms with Crippen LogP contribution in [-0.2, 0) is 11.2 Å². The molecule has 1 rings (SSSR count). The average Bonchev–Trinajstić information content (AvgIpc) is 2.44. The third-order valence-electron chi connectivity index (χ3n) is 3.50. The van der Waals surface area contributed by atoms with E-state index in [2.05, 4.69) is 17.4 Å². The standard InChI is InChI=1S/C16H26N2O2/c1-13(19)10-12-18(3)14(2)16(20)17-11-9-15-7-5-4-6-8-15/h4-8,13-14,19H,9-12H2,1-3H3,(H,17,20). The fraction of sp³-hybridized carbons (Fsp3) is 0.562. The van der Waals surface area contributed by atoms with Gasteiger partial charge in [-0.05, 0) is 39.3 Å². The van der Waals surface area contributed by atoms with Gasteiger partial charge in [0.15, 0.2) is 0 Å². The summed E-state index contributed by atoms with van der Waals surface area (Å²) in [5, 5.41) is 12.2. The molecular weight excluding hydrogens is 252 g/mol. The van der Waals surface area contributed by atoms with Gasteiger partial charge in [0.1, 0.15) is 0 Å². The van der Waals surface area contributed by atoms with Gasteiger partial charge in [-0.2, -0.15) is 0 Å². The van der Waals surface area contributed by atoms with E-state index in [9.17, 15) is 9.90 Å². The highest BCUT2D eigenvalue weighted by atomic mass is 16.3. The Bertz CT molecular complexity index is 393. The van der Waals surface area contributed by atoms with Crippen LogP contribution in [0.5, 0.6) is 0 Å². The molecule has 0 aromatic heterocycles. The summed E-state index contributed by atoms with van der Waals surface area (Å²) >= 11 is 0. The van der Waals surface area contributed by atoms with Crippen LogP contribution >= 0.6 is 0 Å². The van der Waals surface area contributed by atoms with Gasteiger partial charge in [0.25, 0.3) is 0 Å². The van der Waals surface area contributed by atoms with E-state index in [4.69, 9.17) is 0 Å². The number of likely N-dealkylation sites (N-methyl/N-ethyl adjacent to an activating group) is 1. The first kappa shape index (κ1) is 16.7. The number of hydrogen-bond acceptors (Lipinski definition) is 3. The van der Waals surface area contributed by atoms with E-state index in [-0.39, 0.29) is 18.1 Å². The third-order valence-corrected chi connectivity index (χ3v) is 3.50. The van der Waals surface area contributed by atoms with Crippen LogP contribution in [0.25, 0.3) is 0 Å². The number of rotatable bonds is 8. The molecule has 20 heavy (non-hydrogen) atoms. The Morgan fingerprint density at radius 3 is 2.55 bits per heavy atom. The van der Waals surface area contributed by atoms with Gasteiger partial charge in [0.05, 0.1) is 12.1 Å². The lowest BCUT2D eigenvalue weighted by Gasteiger charge is -2.24. The quantitative estimate of drug-likeness (QED) is 0.756. The zero-order valence-electron chi connectivity index (χ0n) is 12.7. The molecule has 2 atom stereocenters. The zero-order valence-corrected chi connectivity index (χ0v) is 12.7. The van der Waals surface area contributed by atoms with Crippen molar-refractivity contribution in [2.45, 2.75) is 38.8 Å². The summed E-state index contributed by atoms with van der Waals surface area (Å²) in [5.74, 6) is 0.0361. The normalized spacial score (nSPS) is 14.1. The van der Waals surface area contributed by atoms with Crippen molar-refractivity contribution in [3.8, 4) is 0 Å². The minimum Gasteiger partial charge on any atom is -0.393 e. The molecule has 0 aliphatic carbocycles.